The van der Waals surface area contributed by atoms with Gasteiger partial charge < -0.3 is 0 Å². The molecule has 2 saturated carbocycles. The summed E-state index contributed by atoms with van der Waals surface area (Å²) >= 11 is 0. The van der Waals surface area contributed by atoms with Crippen molar-refractivity contribution < 1.29 is 0 Å². The zero-order valence-corrected chi connectivity index (χ0v) is 23.4. The van der Waals surface area contributed by atoms with Gasteiger partial charge in [0.05, 0.1) is 0 Å². The van der Waals surface area contributed by atoms with Gasteiger partial charge in [0.15, 0.2) is 0 Å². The Kier molecular flexibility index (Phi) is 14.1. The molecule has 0 aromatic rings. The van der Waals surface area contributed by atoms with Gasteiger partial charge in [-0.1, -0.05) is 135 Å². The van der Waals surface area contributed by atoms with Crippen LogP contribution >= 0.6 is 0 Å². The lowest BCUT2D eigenvalue weighted by Gasteiger charge is -2.35. The van der Waals surface area contributed by atoms with E-state index in [2.05, 4.69) is 32.1 Å². The molecule has 3 aliphatic carbocycles. The lowest BCUT2D eigenvalue weighted by atomic mass is 9.71. The van der Waals surface area contributed by atoms with Crippen LogP contribution in [0.3, 0.4) is 0 Å². The number of rotatable bonds is 16. The Morgan fingerprint density at radius 3 is 1.62 bits per heavy atom. The highest BCUT2D eigenvalue weighted by Gasteiger charge is 2.28. The average Bonchev–Trinajstić information content (AvgIpc) is 2.89. The van der Waals surface area contributed by atoms with Gasteiger partial charge in [0.2, 0.25) is 0 Å². The van der Waals surface area contributed by atoms with Crippen LogP contribution in [0.25, 0.3) is 0 Å². The molecular weight excluding hydrogens is 408 g/mol. The predicted octanol–water partition coefficient (Wildman–Crippen LogP) is 11.6. The van der Waals surface area contributed by atoms with Crippen molar-refractivity contribution in [1.29, 1.82) is 0 Å². The fourth-order valence-corrected chi connectivity index (χ4v) is 7.42. The van der Waals surface area contributed by atoms with Crippen LogP contribution < -0.4 is 0 Å². The molecule has 3 aliphatic rings. The molecule has 1 atom stereocenters. The van der Waals surface area contributed by atoms with Crippen LogP contribution in [0.15, 0.2) is 23.8 Å². The summed E-state index contributed by atoms with van der Waals surface area (Å²) in [7, 11) is 0. The van der Waals surface area contributed by atoms with E-state index in [0.29, 0.717) is 0 Å². The van der Waals surface area contributed by atoms with Crippen LogP contribution in [0.2, 0.25) is 0 Å². The Balaban J connectivity index is 1.24. The molecule has 0 bridgehead atoms. The van der Waals surface area contributed by atoms with Gasteiger partial charge in [-0.05, 0) is 80.1 Å². The standard InChI is InChI=1S/C34H60/c1-3-5-7-9-10-11-12-14-16-30-19-23-32(24-20-30)34-27-25-33(26-28-34)31-21-17-29(18-22-31)15-13-8-6-4-2/h25,27-33H,3-24,26H2,1-2H3. The summed E-state index contributed by atoms with van der Waals surface area (Å²) in [6.45, 7) is 4.64. The van der Waals surface area contributed by atoms with Crippen molar-refractivity contribution in [2.24, 2.45) is 29.6 Å². The number of unbranched alkanes of at least 4 members (excludes halogenated alkanes) is 10. The van der Waals surface area contributed by atoms with Crippen LogP contribution in [0, 0.1) is 29.6 Å². The topological polar surface area (TPSA) is 0 Å². The van der Waals surface area contributed by atoms with E-state index in [1.807, 2.05) is 0 Å². The van der Waals surface area contributed by atoms with Gasteiger partial charge in [0, 0.05) is 0 Å². The molecule has 196 valence electrons. The van der Waals surface area contributed by atoms with Crippen LogP contribution in [0.1, 0.15) is 162 Å². The molecule has 0 amide bonds. The Morgan fingerprint density at radius 1 is 0.588 bits per heavy atom. The highest BCUT2D eigenvalue weighted by molar-refractivity contribution is 5.27. The van der Waals surface area contributed by atoms with Gasteiger partial charge in [-0.2, -0.15) is 0 Å². The maximum absolute atomic E-state index is 2.67. The molecule has 3 rings (SSSR count). The first-order chi connectivity index (χ1) is 16.8. The molecule has 0 spiro atoms. The lowest BCUT2D eigenvalue weighted by molar-refractivity contribution is 0.217. The summed E-state index contributed by atoms with van der Waals surface area (Å²) in [5.41, 5.74) is 1.71. The van der Waals surface area contributed by atoms with E-state index in [4.69, 9.17) is 0 Å². The molecular formula is C34H60. The Hall–Kier alpha value is -0.520. The highest BCUT2D eigenvalue weighted by Crippen LogP contribution is 2.42. The minimum atomic E-state index is 0.850. The largest absolute Gasteiger partial charge is 0.0806 e. The summed E-state index contributed by atoms with van der Waals surface area (Å²) in [6, 6.07) is 0. The zero-order valence-electron chi connectivity index (χ0n) is 23.4. The Labute approximate surface area is 214 Å². The highest BCUT2D eigenvalue weighted by atomic mass is 14.3. The Bertz CT molecular complexity index is 553. The van der Waals surface area contributed by atoms with Gasteiger partial charge in [0.1, 0.15) is 0 Å². The monoisotopic (exact) mass is 468 g/mol. The van der Waals surface area contributed by atoms with Crippen molar-refractivity contribution in [3.63, 3.8) is 0 Å². The molecule has 0 nitrogen and oxygen atoms in total. The number of allylic oxidation sites excluding steroid dienone is 4. The smallest absolute Gasteiger partial charge is 0.0165 e. The first kappa shape index (κ1) is 28.1. The van der Waals surface area contributed by atoms with E-state index in [-0.39, 0.29) is 0 Å². The summed E-state index contributed by atoms with van der Waals surface area (Å²) < 4.78 is 0. The molecule has 0 aromatic heterocycles. The van der Waals surface area contributed by atoms with Gasteiger partial charge >= 0.3 is 0 Å². The van der Waals surface area contributed by atoms with Crippen LogP contribution in [0.5, 0.6) is 0 Å². The van der Waals surface area contributed by atoms with E-state index in [1.54, 1.807) is 5.57 Å². The molecule has 0 N–H and O–H groups in total. The fraction of sp³-hybridized carbons (Fsp3) is 0.882. The maximum Gasteiger partial charge on any atom is -0.0165 e. The van der Waals surface area contributed by atoms with Crippen LogP contribution in [-0.4, -0.2) is 0 Å². The second-order valence-electron chi connectivity index (χ2n) is 12.6. The van der Waals surface area contributed by atoms with Gasteiger partial charge in [-0.15, -0.1) is 0 Å². The van der Waals surface area contributed by atoms with Gasteiger partial charge in [-0.3, -0.25) is 0 Å². The number of hydrogen-bond acceptors (Lipinski definition) is 0. The maximum atomic E-state index is 2.67. The number of hydrogen-bond donors (Lipinski definition) is 0. The summed E-state index contributed by atoms with van der Waals surface area (Å²) in [5.74, 6) is 4.79. The summed E-state index contributed by atoms with van der Waals surface area (Å²) in [6.07, 6.45) is 41.7. The second-order valence-corrected chi connectivity index (χ2v) is 12.6. The minimum absolute atomic E-state index is 0.850. The molecule has 0 saturated heterocycles. The summed E-state index contributed by atoms with van der Waals surface area (Å²) in [4.78, 5) is 0. The second kappa shape index (κ2) is 17.0. The lowest BCUT2D eigenvalue weighted by Crippen LogP contribution is -2.22. The SMILES string of the molecule is CCCCCCCCCCC1CCC(C2=CCC(C3CCC(CCCCCC)CC3)C=C2)CC1. The van der Waals surface area contributed by atoms with Crippen molar-refractivity contribution in [3.05, 3.63) is 23.8 Å². The first-order valence-electron chi connectivity index (χ1n) is 16.2. The van der Waals surface area contributed by atoms with Gasteiger partial charge in [0.25, 0.3) is 0 Å². The van der Waals surface area contributed by atoms with E-state index in [1.165, 1.54) is 148 Å². The molecule has 0 aromatic carbocycles. The predicted molar refractivity (Wildman–Crippen MR) is 152 cm³/mol. The van der Waals surface area contributed by atoms with E-state index >= 15 is 0 Å². The van der Waals surface area contributed by atoms with Crippen LogP contribution in [0.4, 0.5) is 0 Å². The average molecular weight is 469 g/mol. The molecule has 2 fully saturated rings. The molecule has 1 unspecified atom stereocenters. The van der Waals surface area contributed by atoms with Crippen molar-refractivity contribution in [2.75, 3.05) is 0 Å². The van der Waals surface area contributed by atoms with E-state index in [9.17, 15) is 0 Å². The molecule has 0 heteroatoms. The first-order valence-corrected chi connectivity index (χ1v) is 16.2. The van der Waals surface area contributed by atoms with Crippen molar-refractivity contribution in [1.82, 2.24) is 0 Å². The van der Waals surface area contributed by atoms with Crippen molar-refractivity contribution in [2.45, 2.75) is 162 Å². The van der Waals surface area contributed by atoms with Crippen molar-refractivity contribution in [3.8, 4) is 0 Å². The van der Waals surface area contributed by atoms with Crippen molar-refractivity contribution >= 4 is 0 Å². The van der Waals surface area contributed by atoms with E-state index in [0.717, 1.165) is 29.6 Å². The fourth-order valence-electron chi connectivity index (χ4n) is 7.42. The third-order valence-corrected chi connectivity index (χ3v) is 9.91. The normalized spacial score (nSPS) is 29.8. The van der Waals surface area contributed by atoms with E-state index < -0.39 is 0 Å². The third-order valence-electron chi connectivity index (χ3n) is 9.91. The van der Waals surface area contributed by atoms with Gasteiger partial charge in [-0.25, -0.2) is 0 Å². The Morgan fingerprint density at radius 2 is 1.09 bits per heavy atom. The quantitative estimate of drug-likeness (QED) is 0.197. The van der Waals surface area contributed by atoms with Crippen LogP contribution in [-0.2, 0) is 0 Å². The molecule has 0 aliphatic heterocycles. The molecule has 0 heterocycles. The summed E-state index contributed by atoms with van der Waals surface area (Å²) in [5, 5.41) is 0. The third kappa shape index (κ3) is 10.2. The zero-order chi connectivity index (χ0) is 23.8. The molecule has 0 radical (unpaired) electrons. The minimum Gasteiger partial charge on any atom is -0.0806 e. The molecule has 34 heavy (non-hydrogen) atoms.